The Balaban J connectivity index is 2.93. The lowest BCUT2D eigenvalue weighted by Gasteiger charge is -1.99. The van der Waals surface area contributed by atoms with Gasteiger partial charge in [0.25, 0.3) is 0 Å². The summed E-state index contributed by atoms with van der Waals surface area (Å²) in [5, 5.41) is 5.96. The van der Waals surface area contributed by atoms with E-state index >= 15 is 0 Å². The normalized spacial score (nSPS) is 12.1. The van der Waals surface area contributed by atoms with Gasteiger partial charge in [0.2, 0.25) is 0 Å². The SMILES string of the molecule is NS(=O)(=O)n1cc(I)c2ccccc21. The van der Waals surface area contributed by atoms with Crippen molar-refractivity contribution in [2.75, 3.05) is 0 Å². The Morgan fingerprint density at radius 2 is 1.93 bits per heavy atom. The molecular formula is C8H7IN2O2S. The fourth-order valence-electron chi connectivity index (χ4n) is 1.32. The summed E-state index contributed by atoms with van der Waals surface area (Å²) >= 11 is 2.08. The molecule has 2 N–H and O–H groups in total. The molecule has 74 valence electrons. The van der Waals surface area contributed by atoms with Gasteiger partial charge in [-0.3, -0.25) is 0 Å². The Bertz CT molecular complexity index is 588. The predicted molar refractivity (Wildman–Crippen MR) is 63.2 cm³/mol. The zero-order valence-electron chi connectivity index (χ0n) is 7.01. The molecule has 0 atom stereocenters. The molecule has 0 aliphatic heterocycles. The van der Waals surface area contributed by atoms with Gasteiger partial charge in [-0.25, -0.2) is 9.11 Å². The van der Waals surface area contributed by atoms with Crippen LogP contribution in [0.4, 0.5) is 0 Å². The van der Waals surface area contributed by atoms with Crippen molar-refractivity contribution in [3.05, 3.63) is 34.0 Å². The minimum atomic E-state index is -3.70. The number of aromatic nitrogens is 1. The maximum Gasteiger partial charge on any atom is 0.302 e. The first-order valence-corrected chi connectivity index (χ1v) is 6.37. The quantitative estimate of drug-likeness (QED) is 0.804. The van der Waals surface area contributed by atoms with Crippen LogP contribution in [0.3, 0.4) is 0 Å². The van der Waals surface area contributed by atoms with Crippen LogP contribution < -0.4 is 5.14 Å². The number of para-hydroxylation sites is 1. The molecule has 0 saturated heterocycles. The van der Waals surface area contributed by atoms with Crippen molar-refractivity contribution in [2.24, 2.45) is 5.14 Å². The molecule has 0 saturated carbocycles. The summed E-state index contributed by atoms with van der Waals surface area (Å²) in [6.07, 6.45) is 1.51. The van der Waals surface area contributed by atoms with Gasteiger partial charge in [0.15, 0.2) is 0 Å². The van der Waals surface area contributed by atoms with E-state index in [1.165, 1.54) is 6.20 Å². The Hall–Kier alpha value is -0.600. The first kappa shape index (κ1) is 9.94. The van der Waals surface area contributed by atoms with Crippen molar-refractivity contribution in [2.45, 2.75) is 0 Å². The number of hydrogen-bond donors (Lipinski definition) is 1. The second-order valence-electron chi connectivity index (χ2n) is 2.83. The van der Waals surface area contributed by atoms with Gasteiger partial charge in [-0.15, -0.1) is 0 Å². The Labute approximate surface area is 95.0 Å². The van der Waals surface area contributed by atoms with E-state index in [0.717, 1.165) is 12.9 Å². The highest BCUT2D eigenvalue weighted by atomic mass is 127. The summed E-state index contributed by atoms with van der Waals surface area (Å²) in [5.41, 5.74) is 0.611. The molecule has 1 aromatic heterocycles. The molecular weight excluding hydrogens is 315 g/mol. The van der Waals surface area contributed by atoms with Crippen molar-refractivity contribution >= 4 is 43.7 Å². The summed E-state index contributed by atoms with van der Waals surface area (Å²) < 4.78 is 24.4. The van der Waals surface area contributed by atoms with Crippen LogP contribution in [-0.2, 0) is 10.2 Å². The molecule has 1 heterocycles. The zero-order valence-corrected chi connectivity index (χ0v) is 9.99. The maximum atomic E-state index is 11.2. The molecule has 0 fully saturated rings. The highest BCUT2D eigenvalue weighted by Gasteiger charge is 2.12. The van der Waals surface area contributed by atoms with Crippen LogP contribution in [0.25, 0.3) is 10.9 Å². The van der Waals surface area contributed by atoms with Gasteiger partial charge < -0.3 is 0 Å². The number of nitrogens with two attached hydrogens (primary N) is 1. The molecule has 0 amide bonds. The molecule has 1 aromatic carbocycles. The van der Waals surface area contributed by atoms with Crippen LogP contribution in [0.15, 0.2) is 30.5 Å². The topological polar surface area (TPSA) is 65.1 Å². The van der Waals surface area contributed by atoms with Gasteiger partial charge in [-0.1, -0.05) is 18.2 Å². The number of rotatable bonds is 1. The number of benzene rings is 1. The van der Waals surface area contributed by atoms with Gasteiger partial charge in [-0.2, -0.15) is 8.42 Å². The van der Waals surface area contributed by atoms with E-state index in [-0.39, 0.29) is 0 Å². The number of hydrogen-bond acceptors (Lipinski definition) is 2. The second kappa shape index (κ2) is 3.21. The molecule has 0 bridgehead atoms. The molecule has 2 rings (SSSR count). The minimum absolute atomic E-state index is 0.611. The van der Waals surface area contributed by atoms with Crippen molar-refractivity contribution in [1.29, 1.82) is 0 Å². The molecule has 0 aliphatic carbocycles. The van der Waals surface area contributed by atoms with E-state index < -0.39 is 10.2 Å². The summed E-state index contributed by atoms with van der Waals surface area (Å²) in [5.74, 6) is 0. The molecule has 14 heavy (non-hydrogen) atoms. The summed E-state index contributed by atoms with van der Waals surface area (Å²) in [4.78, 5) is 0. The Morgan fingerprint density at radius 1 is 1.29 bits per heavy atom. The average molecular weight is 322 g/mol. The third-order valence-corrected chi connectivity index (χ3v) is 3.61. The number of nitrogens with zero attached hydrogens (tertiary/aromatic N) is 1. The fraction of sp³-hybridized carbons (Fsp3) is 0. The van der Waals surface area contributed by atoms with E-state index in [0.29, 0.717) is 5.52 Å². The maximum absolute atomic E-state index is 11.2. The average Bonchev–Trinajstić information content (AvgIpc) is 2.44. The van der Waals surface area contributed by atoms with E-state index in [9.17, 15) is 8.42 Å². The Morgan fingerprint density at radius 3 is 2.57 bits per heavy atom. The van der Waals surface area contributed by atoms with Crippen molar-refractivity contribution in [3.8, 4) is 0 Å². The molecule has 0 unspecified atom stereocenters. The lowest BCUT2D eigenvalue weighted by Crippen LogP contribution is -2.20. The lowest BCUT2D eigenvalue weighted by atomic mass is 10.3. The smallest absolute Gasteiger partial charge is 0.232 e. The highest BCUT2D eigenvalue weighted by Crippen LogP contribution is 2.23. The monoisotopic (exact) mass is 322 g/mol. The largest absolute Gasteiger partial charge is 0.302 e. The van der Waals surface area contributed by atoms with E-state index in [1.807, 2.05) is 12.1 Å². The standard InChI is InChI=1S/C8H7IN2O2S/c9-7-5-11(14(10,12)13)8-4-2-1-3-6(7)8/h1-5H,(H2,10,12,13). The van der Waals surface area contributed by atoms with Gasteiger partial charge >= 0.3 is 10.2 Å². The molecule has 6 heteroatoms. The summed E-state index contributed by atoms with van der Waals surface area (Å²) in [6, 6.07) is 7.22. The first-order chi connectivity index (χ1) is 6.50. The Kier molecular flexibility index (Phi) is 2.28. The molecule has 0 spiro atoms. The van der Waals surface area contributed by atoms with Crippen LogP contribution in [0.2, 0.25) is 0 Å². The van der Waals surface area contributed by atoms with Crippen LogP contribution in [-0.4, -0.2) is 12.4 Å². The lowest BCUT2D eigenvalue weighted by molar-refractivity contribution is 0.591. The van der Waals surface area contributed by atoms with Crippen molar-refractivity contribution in [3.63, 3.8) is 0 Å². The van der Waals surface area contributed by atoms with Gasteiger partial charge in [-0.05, 0) is 28.7 Å². The van der Waals surface area contributed by atoms with Crippen LogP contribution in [0.5, 0.6) is 0 Å². The van der Waals surface area contributed by atoms with Gasteiger partial charge in [0, 0.05) is 15.2 Å². The predicted octanol–water partition coefficient (Wildman–Crippen LogP) is 1.30. The van der Waals surface area contributed by atoms with E-state index in [1.54, 1.807) is 12.1 Å². The van der Waals surface area contributed by atoms with Gasteiger partial charge in [0.05, 0.1) is 5.52 Å². The van der Waals surface area contributed by atoms with E-state index in [2.05, 4.69) is 22.6 Å². The summed E-state index contributed by atoms with van der Waals surface area (Å²) in [7, 11) is -3.70. The number of halogens is 1. The third kappa shape index (κ3) is 1.53. The van der Waals surface area contributed by atoms with Gasteiger partial charge in [0.1, 0.15) is 0 Å². The highest BCUT2D eigenvalue weighted by molar-refractivity contribution is 14.1. The fourth-order valence-corrected chi connectivity index (χ4v) is 2.93. The minimum Gasteiger partial charge on any atom is -0.232 e. The first-order valence-electron chi connectivity index (χ1n) is 3.79. The van der Waals surface area contributed by atoms with Crippen LogP contribution in [0, 0.1) is 3.57 Å². The third-order valence-electron chi connectivity index (χ3n) is 1.90. The second-order valence-corrected chi connectivity index (χ2v) is 5.42. The number of fused-ring (bicyclic) bond motifs is 1. The van der Waals surface area contributed by atoms with Crippen LogP contribution >= 0.6 is 22.6 Å². The molecule has 0 aliphatic rings. The van der Waals surface area contributed by atoms with Crippen molar-refractivity contribution < 1.29 is 8.42 Å². The zero-order chi connectivity index (χ0) is 10.3. The molecule has 4 nitrogen and oxygen atoms in total. The van der Waals surface area contributed by atoms with E-state index in [4.69, 9.17) is 5.14 Å². The summed E-state index contributed by atoms with van der Waals surface area (Å²) in [6.45, 7) is 0. The molecule has 0 radical (unpaired) electrons. The van der Waals surface area contributed by atoms with Crippen LogP contribution in [0.1, 0.15) is 0 Å². The van der Waals surface area contributed by atoms with Crippen molar-refractivity contribution in [1.82, 2.24) is 3.97 Å². The molecule has 2 aromatic rings.